The molecule has 23 heavy (non-hydrogen) atoms. The number of hydrogen-bond acceptors (Lipinski definition) is 1. The van der Waals surface area contributed by atoms with E-state index in [1.807, 2.05) is 30.5 Å². The highest BCUT2D eigenvalue weighted by atomic mass is 32.2. The van der Waals surface area contributed by atoms with Crippen molar-refractivity contribution in [2.24, 2.45) is 0 Å². The molecule has 3 aromatic rings. The number of thioether (sulfide) groups is 1. The van der Waals surface area contributed by atoms with E-state index < -0.39 is 11.6 Å². The summed E-state index contributed by atoms with van der Waals surface area (Å²) in [6, 6.07) is 15.6. The van der Waals surface area contributed by atoms with Gasteiger partial charge in [0.2, 0.25) is 0 Å². The van der Waals surface area contributed by atoms with Gasteiger partial charge >= 0.3 is 0 Å². The average molecular weight is 330 g/mol. The molecule has 0 aliphatic carbocycles. The Kier molecular flexibility index (Phi) is 4.44. The molecule has 0 heterocycles. The van der Waals surface area contributed by atoms with Crippen molar-refractivity contribution in [1.82, 2.24) is 0 Å². The van der Waals surface area contributed by atoms with Gasteiger partial charge in [-0.05, 0) is 64.9 Å². The van der Waals surface area contributed by atoms with Crippen LogP contribution in [0.2, 0.25) is 0 Å². The van der Waals surface area contributed by atoms with E-state index in [1.54, 1.807) is 23.9 Å². The standard InChI is InChI=1S/C19H13F3S/c1-23-15-8-4-13(5-9-15)17-11-19(22)18(21)10-16(17)12-2-6-14(20)7-3-12/h2-11H,1H3. The maximum absolute atomic E-state index is 13.7. The molecule has 0 spiro atoms. The Balaban J connectivity index is 2.18. The van der Waals surface area contributed by atoms with Crippen LogP contribution < -0.4 is 0 Å². The molecular formula is C19H13F3S. The first kappa shape index (κ1) is 15.7. The predicted molar refractivity (Wildman–Crippen MR) is 89.0 cm³/mol. The molecule has 4 heteroatoms. The van der Waals surface area contributed by atoms with Crippen molar-refractivity contribution in [3.63, 3.8) is 0 Å². The molecule has 0 N–H and O–H groups in total. The summed E-state index contributed by atoms with van der Waals surface area (Å²) in [5, 5.41) is 0. The number of benzene rings is 3. The van der Waals surface area contributed by atoms with Gasteiger partial charge in [-0.2, -0.15) is 0 Å². The van der Waals surface area contributed by atoms with Gasteiger partial charge in [-0.15, -0.1) is 11.8 Å². The van der Waals surface area contributed by atoms with Crippen LogP contribution in [0.4, 0.5) is 13.2 Å². The van der Waals surface area contributed by atoms with Gasteiger partial charge < -0.3 is 0 Å². The molecule has 0 fully saturated rings. The maximum Gasteiger partial charge on any atom is 0.159 e. The number of rotatable bonds is 3. The second kappa shape index (κ2) is 6.50. The second-order valence-electron chi connectivity index (χ2n) is 5.05. The Hall–Kier alpha value is -2.20. The first-order valence-electron chi connectivity index (χ1n) is 6.98. The fourth-order valence-electron chi connectivity index (χ4n) is 2.42. The van der Waals surface area contributed by atoms with Gasteiger partial charge in [0, 0.05) is 4.90 Å². The van der Waals surface area contributed by atoms with E-state index in [-0.39, 0.29) is 5.82 Å². The Bertz CT molecular complexity index is 824. The molecule has 0 atom stereocenters. The van der Waals surface area contributed by atoms with Crippen LogP contribution in [0.3, 0.4) is 0 Å². The molecule has 0 amide bonds. The van der Waals surface area contributed by atoms with Crippen LogP contribution in [0, 0.1) is 17.5 Å². The first-order chi connectivity index (χ1) is 11.1. The molecule has 0 saturated carbocycles. The number of hydrogen-bond donors (Lipinski definition) is 0. The van der Waals surface area contributed by atoms with Crippen molar-refractivity contribution in [3.8, 4) is 22.3 Å². The molecule has 0 radical (unpaired) electrons. The average Bonchev–Trinajstić information content (AvgIpc) is 2.58. The van der Waals surface area contributed by atoms with E-state index in [2.05, 4.69) is 0 Å². The summed E-state index contributed by atoms with van der Waals surface area (Å²) in [5.41, 5.74) is 2.51. The molecule has 3 rings (SSSR count). The Labute approximate surface area is 137 Å². The van der Waals surface area contributed by atoms with Crippen molar-refractivity contribution in [1.29, 1.82) is 0 Å². The smallest absolute Gasteiger partial charge is 0.159 e. The number of halogens is 3. The summed E-state index contributed by atoms with van der Waals surface area (Å²) in [6.45, 7) is 0. The lowest BCUT2D eigenvalue weighted by atomic mass is 9.94. The summed E-state index contributed by atoms with van der Waals surface area (Å²) in [5.74, 6) is -2.20. The highest BCUT2D eigenvalue weighted by molar-refractivity contribution is 7.98. The van der Waals surface area contributed by atoms with Crippen LogP contribution in [0.15, 0.2) is 65.6 Å². The van der Waals surface area contributed by atoms with E-state index in [9.17, 15) is 13.2 Å². The topological polar surface area (TPSA) is 0 Å². The van der Waals surface area contributed by atoms with Crippen LogP contribution in [0.5, 0.6) is 0 Å². The first-order valence-corrected chi connectivity index (χ1v) is 8.20. The lowest BCUT2D eigenvalue weighted by Crippen LogP contribution is -1.92. The largest absolute Gasteiger partial charge is 0.207 e. The van der Waals surface area contributed by atoms with Crippen molar-refractivity contribution in [2.45, 2.75) is 4.90 Å². The van der Waals surface area contributed by atoms with Crippen molar-refractivity contribution in [2.75, 3.05) is 6.26 Å². The van der Waals surface area contributed by atoms with Gasteiger partial charge in [0.05, 0.1) is 0 Å². The van der Waals surface area contributed by atoms with E-state index in [1.165, 1.54) is 18.2 Å². The normalized spacial score (nSPS) is 10.8. The van der Waals surface area contributed by atoms with E-state index in [0.29, 0.717) is 16.7 Å². The molecule has 0 aliphatic rings. The lowest BCUT2D eigenvalue weighted by Gasteiger charge is -2.12. The predicted octanol–water partition coefficient (Wildman–Crippen LogP) is 6.16. The van der Waals surface area contributed by atoms with E-state index in [4.69, 9.17) is 0 Å². The van der Waals surface area contributed by atoms with Crippen molar-refractivity contribution < 1.29 is 13.2 Å². The van der Waals surface area contributed by atoms with Crippen LogP contribution in [-0.2, 0) is 0 Å². The molecule has 0 unspecified atom stereocenters. The fraction of sp³-hybridized carbons (Fsp3) is 0.0526. The Morgan fingerprint density at radius 3 is 1.52 bits per heavy atom. The molecule has 3 aromatic carbocycles. The Morgan fingerprint density at radius 2 is 1.09 bits per heavy atom. The second-order valence-corrected chi connectivity index (χ2v) is 5.93. The lowest BCUT2D eigenvalue weighted by molar-refractivity contribution is 0.509. The van der Waals surface area contributed by atoms with Crippen LogP contribution in [0.25, 0.3) is 22.3 Å². The minimum Gasteiger partial charge on any atom is -0.207 e. The zero-order chi connectivity index (χ0) is 16.4. The van der Waals surface area contributed by atoms with Crippen LogP contribution in [0.1, 0.15) is 0 Å². The zero-order valence-corrected chi connectivity index (χ0v) is 13.1. The van der Waals surface area contributed by atoms with Crippen LogP contribution >= 0.6 is 11.8 Å². The minimum absolute atomic E-state index is 0.373. The highest BCUT2D eigenvalue weighted by Crippen LogP contribution is 2.34. The van der Waals surface area contributed by atoms with Gasteiger partial charge in [0.1, 0.15) is 5.82 Å². The minimum atomic E-state index is -0.922. The SMILES string of the molecule is CSc1ccc(-c2cc(F)c(F)cc2-c2ccc(F)cc2)cc1. The van der Waals surface area contributed by atoms with E-state index >= 15 is 0 Å². The summed E-state index contributed by atoms with van der Waals surface area (Å²) < 4.78 is 40.6. The third-order valence-electron chi connectivity index (χ3n) is 3.62. The molecule has 0 bridgehead atoms. The fourth-order valence-corrected chi connectivity index (χ4v) is 2.83. The van der Waals surface area contributed by atoms with Gasteiger partial charge in [0.15, 0.2) is 11.6 Å². The van der Waals surface area contributed by atoms with Crippen LogP contribution in [-0.4, -0.2) is 6.26 Å². The summed E-state index contributed by atoms with van der Waals surface area (Å²) >= 11 is 1.60. The van der Waals surface area contributed by atoms with Crippen molar-refractivity contribution in [3.05, 3.63) is 78.1 Å². The van der Waals surface area contributed by atoms with Gasteiger partial charge in [-0.25, -0.2) is 13.2 Å². The zero-order valence-electron chi connectivity index (χ0n) is 12.3. The third kappa shape index (κ3) is 3.27. The van der Waals surface area contributed by atoms with Gasteiger partial charge in [-0.1, -0.05) is 24.3 Å². The third-order valence-corrected chi connectivity index (χ3v) is 4.36. The van der Waals surface area contributed by atoms with Gasteiger partial charge in [0.25, 0.3) is 0 Å². The molecular weight excluding hydrogens is 317 g/mol. The molecule has 0 nitrogen and oxygen atoms in total. The quantitative estimate of drug-likeness (QED) is 0.518. The van der Waals surface area contributed by atoms with Crippen molar-refractivity contribution >= 4 is 11.8 Å². The summed E-state index contributed by atoms with van der Waals surface area (Å²) in [6.07, 6.45) is 1.97. The summed E-state index contributed by atoms with van der Waals surface area (Å²) in [7, 11) is 0. The van der Waals surface area contributed by atoms with E-state index in [0.717, 1.165) is 16.5 Å². The molecule has 0 aromatic heterocycles. The van der Waals surface area contributed by atoms with Gasteiger partial charge in [-0.3, -0.25) is 0 Å². The maximum atomic E-state index is 13.7. The molecule has 0 aliphatic heterocycles. The molecule has 0 saturated heterocycles. The monoisotopic (exact) mass is 330 g/mol. The Morgan fingerprint density at radius 1 is 0.652 bits per heavy atom. The summed E-state index contributed by atoms with van der Waals surface area (Å²) in [4.78, 5) is 1.08. The highest BCUT2D eigenvalue weighted by Gasteiger charge is 2.13. The molecule has 116 valence electrons.